The van der Waals surface area contributed by atoms with Gasteiger partial charge in [0, 0.05) is 29.4 Å². The van der Waals surface area contributed by atoms with E-state index in [2.05, 4.69) is 15.5 Å². The third-order valence-electron chi connectivity index (χ3n) is 5.20. The molecule has 6 heteroatoms. The lowest BCUT2D eigenvalue weighted by Gasteiger charge is -2.17. The molecular weight excluding hydrogens is 410 g/mol. The van der Waals surface area contributed by atoms with Crippen molar-refractivity contribution in [3.8, 4) is 0 Å². The van der Waals surface area contributed by atoms with Crippen molar-refractivity contribution in [1.29, 1.82) is 0 Å². The Balaban J connectivity index is 1.70. The van der Waals surface area contributed by atoms with E-state index in [0.29, 0.717) is 22.8 Å². The average molecular weight is 434 g/mol. The Morgan fingerprint density at radius 3 is 2.52 bits per heavy atom. The summed E-state index contributed by atoms with van der Waals surface area (Å²) in [6, 6.07) is 23.3. The molecule has 158 valence electrons. The van der Waals surface area contributed by atoms with Gasteiger partial charge in [-0.25, -0.2) is 0 Å². The van der Waals surface area contributed by atoms with Crippen molar-refractivity contribution in [2.24, 2.45) is 0 Å². The summed E-state index contributed by atoms with van der Waals surface area (Å²) in [5.74, 6) is -0.161. The van der Waals surface area contributed by atoms with E-state index in [9.17, 15) is 4.79 Å². The molecular formula is C25H24ClN3O2. The van der Waals surface area contributed by atoms with Crippen LogP contribution in [0.1, 0.15) is 16.7 Å². The standard InChI is InChI=1S/C25H24ClN3O2/c1-29(13-14-30)16-17-7-10-20(11-8-17)27-24(18-5-3-2-4-6-18)23-21-12-9-19(26)15-22(21)28-25(23)31/h2-12,15,27,30H,13-14,16H2,1H3,(H,28,31). The number of nitrogens with one attached hydrogen (secondary N) is 2. The number of fused-ring (bicyclic) bond motifs is 1. The average Bonchev–Trinajstić information content (AvgIpc) is 3.08. The van der Waals surface area contributed by atoms with Crippen LogP contribution in [0, 0.1) is 0 Å². The Morgan fingerprint density at radius 1 is 1.06 bits per heavy atom. The largest absolute Gasteiger partial charge is 0.395 e. The molecule has 1 aliphatic heterocycles. The van der Waals surface area contributed by atoms with Crippen LogP contribution in [0.25, 0.3) is 11.3 Å². The highest BCUT2D eigenvalue weighted by molar-refractivity contribution is 6.38. The molecule has 31 heavy (non-hydrogen) atoms. The minimum Gasteiger partial charge on any atom is -0.395 e. The number of hydrogen-bond acceptors (Lipinski definition) is 4. The van der Waals surface area contributed by atoms with Crippen LogP contribution in [0.5, 0.6) is 0 Å². The van der Waals surface area contributed by atoms with Gasteiger partial charge in [0.15, 0.2) is 0 Å². The van der Waals surface area contributed by atoms with Crippen molar-refractivity contribution in [2.45, 2.75) is 6.54 Å². The van der Waals surface area contributed by atoms with Gasteiger partial charge in [-0.3, -0.25) is 9.69 Å². The second-order valence-electron chi connectivity index (χ2n) is 7.54. The van der Waals surface area contributed by atoms with Crippen molar-refractivity contribution in [3.63, 3.8) is 0 Å². The number of carbonyl (C=O) groups is 1. The third kappa shape index (κ3) is 4.80. The number of likely N-dealkylation sites (N-methyl/N-ethyl adjacent to an activating group) is 1. The molecule has 3 N–H and O–H groups in total. The quantitative estimate of drug-likeness (QED) is 0.473. The zero-order valence-corrected chi connectivity index (χ0v) is 18.0. The summed E-state index contributed by atoms with van der Waals surface area (Å²) in [6.07, 6.45) is 0. The molecule has 0 aromatic heterocycles. The predicted octanol–water partition coefficient (Wildman–Crippen LogP) is 4.70. The van der Waals surface area contributed by atoms with Crippen LogP contribution in [-0.4, -0.2) is 36.1 Å². The number of anilines is 2. The molecule has 0 bridgehead atoms. The van der Waals surface area contributed by atoms with E-state index in [4.69, 9.17) is 16.7 Å². The number of carbonyl (C=O) groups excluding carboxylic acids is 1. The van der Waals surface area contributed by atoms with Gasteiger partial charge in [-0.05, 0) is 42.4 Å². The molecule has 3 aromatic rings. The molecule has 5 nitrogen and oxygen atoms in total. The van der Waals surface area contributed by atoms with E-state index in [1.165, 1.54) is 0 Å². The van der Waals surface area contributed by atoms with E-state index in [1.54, 1.807) is 12.1 Å². The molecule has 3 aromatic carbocycles. The SMILES string of the molecule is CN(CCO)Cc1ccc(NC(=C2C(=O)Nc3cc(Cl)ccc32)c2ccccc2)cc1. The van der Waals surface area contributed by atoms with Gasteiger partial charge in [-0.2, -0.15) is 0 Å². The Labute approximate surface area is 187 Å². The minimum atomic E-state index is -0.161. The molecule has 0 unspecified atom stereocenters. The van der Waals surface area contributed by atoms with E-state index >= 15 is 0 Å². The maximum absolute atomic E-state index is 12.9. The molecule has 1 amide bonds. The van der Waals surface area contributed by atoms with Gasteiger partial charge in [0.25, 0.3) is 5.91 Å². The fourth-order valence-corrected chi connectivity index (χ4v) is 3.85. The van der Waals surface area contributed by atoms with E-state index in [1.807, 2.05) is 67.7 Å². The van der Waals surface area contributed by atoms with Crippen LogP contribution in [0.3, 0.4) is 0 Å². The molecule has 0 saturated carbocycles. The van der Waals surface area contributed by atoms with E-state index in [-0.39, 0.29) is 12.5 Å². The first-order chi connectivity index (χ1) is 15.0. The summed E-state index contributed by atoms with van der Waals surface area (Å²) < 4.78 is 0. The Bertz CT molecular complexity index is 1110. The molecule has 0 fully saturated rings. The van der Waals surface area contributed by atoms with Gasteiger partial charge >= 0.3 is 0 Å². The van der Waals surface area contributed by atoms with E-state index < -0.39 is 0 Å². The lowest BCUT2D eigenvalue weighted by atomic mass is 10.00. The zero-order chi connectivity index (χ0) is 21.8. The van der Waals surface area contributed by atoms with Gasteiger partial charge in [-0.15, -0.1) is 0 Å². The number of rotatable bonds is 7. The highest BCUT2D eigenvalue weighted by Gasteiger charge is 2.28. The van der Waals surface area contributed by atoms with Crippen LogP contribution in [0.15, 0.2) is 72.8 Å². The van der Waals surface area contributed by atoms with Gasteiger partial charge in [0.1, 0.15) is 0 Å². The molecule has 1 aliphatic rings. The summed E-state index contributed by atoms with van der Waals surface area (Å²) in [5, 5.41) is 16.0. The smallest absolute Gasteiger partial charge is 0.258 e. The number of aliphatic hydroxyl groups is 1. The molecule has 1 heterocycles. The monoisotopic (exact) mass is 433 g/mol. The molecule has 0 atom stereocenters. The predicted molar refractivity (Wildman–Crippen MR) is 127 cm³/mol. The van der Waals surface area contributed by atoms with Crippen LogP contribution < -0.4 is 10.6 Å². The zero-order valence-electron chi connectivity index (χ0n) is 17.2. The number of halogens is 1. The Kier molecular flexibility index (Phi) is 6.37. The van der Waals surface area contributed by atoms with Crippen LogP contribution in [-0.2, 0) is 11.3 Å². The van der Waals surface area contributed by atoms with Crippen LogP contribution >= 0.6 is 11.6 Å². The molecule has 0 spiro atoms. The first-order valence-electron chi connectivity index (χ1n) is 10.1. The van der Waals surface area contributed by atoms with Gasteiger partial charge in [0.05, 0.1) is 23.6 Å². The third-order valence-corrected chi connectivity index (χ3v) is 5.43. The summed E-state index contributed by atoms with van der Waals surface area (Å²) in [5.41, 5.74) is 5.81. The summed E-state index contributed by atoms with van der Waals surface area (Å²) in [6.45, 7) is 1.52. The Morgan fingerprint density at radius 2 is 1.81 bits per heavy atom. The second-order valence-corrected chi connectivity index (χ2v) is 7.98. The molecule has 0 radical (unpaired) electrons. The number of aliphatic hydroxyl groups excluding tert-OH is 1. The summed E-state index contributed by atoms with van der Waals surface area (Å²) in [7, 11) is 1.97. The van der Waals surface area contributed by atoms with Crippen molar-refractivity contribution >= 4 is 40.2 Å². The molecule has 4 rings (SSSR count). The number of benzene rings is 3. The number of amides is 1. The topological polar surface area (TPSA) is 64.6 Å². The summed E-state index contributed by atoms with van der Waals surface area (Å²) >= 11 is 6.12. The van der Waals surface area contributed by atoms with E-state index in [0.717, 1.165) is 34.6 Å². The highest BCUT2D eigenvalue weighted by Crippen LogP contribution is 2.38. The number of hydrogen-bond donors (Lipinski definition) is 3. The first-order valence-corrected chi connectivity index (χ1v) is 10.5. The minimum absolute atomic E-state index is 0.138. The number of nitrogens with zero attached hydrogens (tertiary/aromatic N) is 1. The van der Waals surface area contributed by atoms with Gasteiger partial charge in [0.2, 0.25) is 0 Å². The van der Waals surface area contributed by atoms with Crippen molar-refractivity contribution in [3.05, 3.63) is 94.5 Å². The second kappa shape index (κ2) is 9.35. The Hall–Kier alpha value is -3.12. The van der Waals surface area contributed by atoms with Crippen molar-refractivity contribution in [2.75, 3.05) is 30.8 Å². The fourth-order valence-electron chi connectivity index (χ4n) is 3.68. The fraction of sp³-hybridized carbons (Fsp3) is 0.160. The maximum atomic E-state index is 12.9. The van der Waals surface area contributed by atoms with Crippen molar-refractivity contribution in [1.82, 2.24) is 4.90 Å². The van der Waals surface area contributed by atoms with Gasteiger partial charge in [-0.1, -0.05) is 60.1 Å². The first kappa shape index (κ1) is 21.1. The van der Waals surface area contributed by atoms with Gasteiger partial charge < -0.3 is 15.7 Å². The highest BCUT2D eigenvalue weighted by atomic mass is 35.5. The van der Waals surface area contributed by atoms with Crippen LogP contribution in [0.4, 0.5) is 11.4 Å². The molecule has 0 saturated heterocycles. The lowest BCUT2D eigenvalue weighted by molar-refractivity contribution is -0.110. The summed E-state index contributed by atoms with van der Waals surface area (Å²) in [4.78, 5) is 15.0. The van der Waals surface area contributed by atoms with Crippen LogP contribution in [0.2, 0.25) is 5.02 Å². The molecule has 0 aliphatic carbocycles. The van der Waals surface area contributed by atoms with Crippen molar-refractivity contribution < 1.29 is 9.90 Å². The lowest BCUT2D eigenvalue weighted by Crippen LogP contribution is -2.21. The normalized spacial score (nSPS) is 14.4. The maximum Gasteiger partial charge on any atom is 0.258 e.